The van der Waals surface area contributed by atoms with Crippen LogP contribution in [0.1, 0.15) is 26.3 Å². The zero-order valence-corrected chi connectivity index (χ0v) is 9.86. The van der Waals surface area contributed by atoms with E-state index in [-0.39, 0.29) is 11.4 Å². The Morgan fingerprint density at radius 2 is 2.07 bits per heavy atom. The van der Waals surface area contributed by atoms with Gasteiger partial charge in [0.05, 0.1) is 5.60 Å². The molecule has 0 saturated heterocycles. The minimum absolute atomic E-state index is 0.278. The van der Waals surface area contributed by atoms with E-state index in [1.807, 2.05) is 20.8 Å². The summed E-state index contributed by atoms with van der Waals surface area (Å²) in [6, 6.07) is 4.25. The number of hydrogen-bond acceptors (Lipinski definition) is 2. The van der Waals surface area contributed by atoms with Gasteiger partial charge in [0, 0.05) is 11.6 Å². The molecule has 0 spiro atoms. The number of nitrogens with one attached hydrogen (secondary N) is 1. The summed E-state index contributed by atoms with van der Waals surface area (Å²) in [5.41, 5.74) is 3.16. The van der Waals surface area contributed by atoms with Crippen molar-refractivity contribution in [3.8, 4) is 0 Å². The van der Waals surface area contributed by atoms with Gasteiger partial charge in [0.15, 0.2) is 0 Å². The Bertz CT molecular complexity index is 336. The molecular weight excluding hydrogens is 217 g/mol. The summed E-state index contributed by atoms with van der Waals surface area (Å²) in [6.07, 6.45) is 0. The van der Waals surface area contributed by atoms with Gasteiger partial charge in [-0.3, -0.25) is 4.84 Å². The van der Waals surface area contributed by atoms with E-state index in [1.165, 1.54) is 18.2 Å². The molecule has 0 atom stereocenters. The number of rotatable bonds is 3. The molecule has 4 heteroatoms. The first-order chi connectivity index (χ1) is 6.88. The van der Waals surface area contributed by atoms with Crippen LogP contribution in [0.5, 0.6) is 0 Å². The predicted molar refractivity (Wildman–Crippen MR) is 59.1 cm³/mol. The van der Waals surface area contributed by atoms with Gasteiger partial charge in [-0.25, -0.2) is 4.39 Å². The standard InChI is InChI=1S/C11H15ClFNO/c1-11(2,3)15-14-7-8-6-9(13)4-5-10(8)12/h4-6,14H,7H2,1-3H3. The maximum absolute atomic E-state index is 12.9. The molecule has 0 radical (unpaired) electrons. The Kier molecular flexibility index (Phi) is 4.08. The Balaban J connectivity index is 2.54. The first-order valence-electron chi connectivity index (χ1n) is 4.73. The van der Waals surface area contributed by atoms with Gasteiger partial charge in [-0.15, -0.1) is 0 Å². The smallest absolute Gasteiger partial charge is 0.123 e. The van der Waals surface area contributed by atoms with Crippen LogP contribution in [0.2, 0.25) is 5.02 Å². The van der Waals surface area contributed by atoms with E-state index in [1.54, 1.807) is 0 Å². The lowest BCUT2D eigenvalue weighted by atomic mass is 10.2. The molecule has 0 bridgehead atoms. The molecule has 0 heterocycles. The quantitative estimate of drug-likeness (QED) is 0.806. The molecule has 1 aromatic carbocycles. The van der Waals surface area contributed by atoms with E-state index >= 15 is 0 Å². The second-order valence-corrected chi connectivity index (χ2v) is 4.68. The molecule has 84 valence electrons. The lowest BCUT2D eigenvalue weighted by Gasteiger charge is -2.19. The molecule has 0 fully saturated rings. The number of hydrogen-bond donors (Lipinski definition) is 1. The first kappa shape index (κ1) is 12.4. The number of halogens is 2. The lowest BCUT2D eigenvalue weighted by molar-refractivity contribution is -0.0757. The van der Waals surface area contributed by atoms with Crippen molar-refractivity contribution in [3.63, 3.8) is 0 Å². The van der Waals surface area contributed by atoms with Crippen molar-refractivity contribution in [2.45, 2.75) is 32.9 Å². The Labute approximate surface area is 94.3 Å². The SMILES string of the molecule is CC(C)(C)ONCc1cc(F)ccc1Cl. The Morgan fingerprint density at radius 3 is 2.67 bits per heavy atom. The van der Waals surface area contributed by atoms with Gasteiger partial charge in [-0.05, 0) is 44.5 Å². The van der Waals surface area contributed by atoms with Crippen molar-refractivity contribution in [1.29, 1.82) is 0 Å². The second-order valence-electron chi connectivity index (χ2n) is 4.27. The first-order valence-corrected chi connectivity index (χ1v) is 5.11. The molecule has 1 rings (SSSR count). The Morgan fingerprint density at radius 1 is 1.40 bits per heavy atom. The summed E-state index contributed by atoms with van der Waals surface area (Å²) in [5, 5.41) is 0.529. The molecule has 1 aromatic rings. The lowest BCUT2D eigenvalue weighted by Crippen LogP contribution is -2.28. The van der Waals surface area contributed by atoms with Gasteiger partial charge in [0.2, 0.25) is 0 Å². The van der Waals surface area contributed by atoms with Crippen LogP contribution in [-0.4, -0.2) is 5.60 Å². The van der Waals surface area contributed by atoms with Crippen LogP contribution < -0.4 is 5.48 Å². The van der Waals surface area contributed by atoms with Crippen molar-refractivity contribution in [1.82, 2.24) is 5.48 Å². The average molecular weight is 232 g/mol. The van der Waals surface area contributed by atoms with Gasteiger partial charge >= 0.3 is 0 Å². The van der Waals surface area contributed by atoms with Crippen molar-refractivity contribution in [2.75, 3.05) is 0 Å². The third kappa shape index (κ3) is 4.60. The highest BCUT2D eigenvalue weighted by Gasteiger charge is 2.10. The van der Waals surface area contributed by atoms with Crippen LogP contribution in [-0.2, 0) is 11.4 Å². The normalized spacial score (nSPS) is 11.8. The van der Waals surface area contributed by atoms with Crippen molar-refractivity contribution >= 4 is 11.6 Å². The summed E-state index contributed by atoms with van der Waals surface area (Å²) in [4.78, 5) is 5.30. The molecule has 0 aromatic heterocycles. The molecule has 1 N–H and O–H groups in total. The summed E-state index contributed by atoms with van der Waals surface area (Å²) in [5.74, 6) is -0.299. The van der Waals surface area contributed by atoms with Gasteiger partial charge in [0.25, 0.3) is 0 Å². The minimum Gasteiger partial charge on any atom is -0.296 e. The molecule has 15 heavy (non-hydrogen) atoms. The fourth-order valence-corrected chi connectivity index (χ4v) is 1.19. The highest BCUT2D eigenvalue weighted by atomic mass is 35.5. The van der Waals surface area contributed by atoms with E-state index in [4.69, 9.17) is 16.4 Å². The zero-order chi connectivity index (χ0) is 11.5. The third-order valence-electron chi connectivity index (χ3n) is 1.65. The van der Waals surface area contributed by atoms with Gasteiger partial charge < -0.3 is 0 Å². The van der Waals surface area contributed by atoms with E-state index in [2.05, 4.69) is 5.48 Å². The summed E-state index contributed by atoms with van der Waals surface area (Å²) in [7, 11) is 0. The van der Waals surface area contributed by atoms with Crippen LogP contribution in [0.25, 0.3) is 0 Å². The van der Waals surface area contributed by atoms with Crippen LogP contribution in [0.4, 0.5) is 4.39 Å². The third-order valence-corrected chi connectivity index (χ3v) is 2.02. The second kappa shape index (κ2) is 4.92. The van der Waals surface area contributed by atoms with E-state index in [0.29, 0.717) is 17.1 Å². The fraction of sp³-hybridized carbons (Fsp3) is 0.455. The highest BCUT2D eigenvalue weighted by molar-refractivity contribution is 6.31. The van der Waals surface area contributed by atoms with Gasteiger partial charge in [-0.2, -0.15) is 5.48 Å². The maximum Gasteiger partial charge on any atom is 0.123 e. The largest absolute Gasteiger partial charge is 0.296 e. The highest BCUT2D eigenvalue weighted by Crippen LogP contribution is 2.17. The minimum atomic E-state index is -0.299. The number of benzene rings is 1. The van der Waals surface area contributed by atoms with Crippen LogP contribution in [0.3, 0.4) is 0 Å². The van der Waals surface area contributed by atoms with E-state index < -0.39 is 0 Å². The summed E-state index contributed by atoms with van der Waals surface area (Å²) < 4.78 is 12.9. The van der Waals surface area contributed by atoms with Crippen LogP contribution >= 0.6 is 11.6 Å². The molecule has 0 aliphatic rings. The van der Waals surface area contributed by atoms with Gasteiger partial charge in [0.1, 0.15) is 5.82 Å². The monoisotopic (exact) mass is 231 g/mol. The van der Waals surface area contributed by atoms with Crippen molar-refractivity contribution in [3.05, 3.63) is 34.6 Å². The van der Waals surface area contributed by atoms with Crippen LogP contribution in [0, 0.1) is 5.82 Å². The average Bonchev–Trinajstić information content (AvgIpc) is 2.09. The van der Waals surface area contributed by atoms with Crippen molar-refractivity contribution < 1.29 is 9.23 Å². The molecular formula is C11H15ClFNO. The number of hydroxylamine groups is 1. The van der Waals surface area contributed by atoms with Crippen LogP contribution in [0.15, 0.2) is 18.2 Å². The predicted octanol–water partition coefficient (Wildman–Crippen LogP) is 3.30. The fourth-order valence-electron chi connectivity index (χ4n) is 1.01. The van der Waals surface area contributed by atoms with Gasteiger partial charge in [-0.1, -0.05) is 11.6 Å². The summed E-state index contributed by atoms with van der Waals surface area (Å²) in [6.45, 7) is 6.15. The molecule has 0 aliphatic carbocycles. The van der Waals surface area contributed by atoms with E-state index in [9.17, 15) is 4.39 Å². The molecule has 0 saturated carbocycles. The molecule has 0 amide bonds. The van der Waals surface area contributed by atoms with E-state index in [0.717, 1.165) is 0 Å². The molecule has 0 unspecified atom stereocenters. The molecule has 2 nitrogen and oxygen atoms in total. The summed E-state index contributed by atoms with van der Waals surface area (Å²) >= 11 is 5.88. The van der Waals surface area contributed by atoms with Crippen molar-refractivity contribution in [2.24, 2.45) is 0 Å². The zero-order valence-electron chi connectivity index (χ0n) is 9.10. The Hall–Kier alpha value is -0.640. The molecule has 0 aliphatic heterocycles. The maximum atomic E-state index is 12.9. The topological polar surface area (TPSA) is 21.3 Å².